The summed E-state index contributed by atoms with van der Waals surface area (Å²) in [4.78, 5) is 0. The summed E-state index contributed by atoms with van der Waals surface area (Å²) in [6, 6.07) is 43.1. The summed E-state index contributed by atoms with van der Waals surface area (Å²) in [6.07, 6.45) is 0. The molecule has 5 heteroatoms. The van der Waals surface area contributed by atoms with Crippen LogP contribution in [0.25, 0.3) is 33.4 Å². The Kier molecular flexibility index (Phi) is 13.4. The smallest absolute Gasteiger partial charge is 0.385 e. The molecule has 0 aliphatic carbocycles. The van der Waals surface area contributed by atoms with Gasteiger partial charge in [0.2, 0.25) is 0 Å². The molecule has 0 radical (unpaired) electrons. The Labute approximate surface area is 392 Å². The maximum Gasteiger partial charge on any atom is 0.647 e. The van der Waals surface area contributed by atoms with Crippen LogP contribution in [0, 0.1) is 0 Å². The predicted molar refractivity (Wildman–Crippen MR) is 277 cm³/mol. The SMILES string of the molecule is CC(C)(C)c1ccc(OP(=O)(Oc2ccc(C(C)(C)C)c(C(C)(C)C)c2-c2ccccc2)Oc2ccc(C(C)(C)C)c(C(C)(C)C)c2-c2ccccc2)c(-c2ccccc2)c1C(C)(C)C. The Balaban J connectivity index is 1.75. The molecule has 6 aromatic carbocycles. The Morgan fingerprint density at radius 1 is 0.292 bits per heavy atom. The van der Waals surface area contributed by atoms with Crippen molar-refractivity contribution in [3.8, 4) is 50.6 Å². The van der Waals surface area contributed by atoms with E-state index in [-0.39, 0.29) is 32.5 Å². The molecule has 0 aromatic heterocycles. The van der Waals surface area contributed by atoms with Gasteiger partial charge in [-0.25, -0.2) is 0 Å². The summed E-state index contributed by atoms with van der Waals surface area (Å²) in [5, 5.41) is 0. The highest BCUT2D eigenvalue weighted by atomic mass is 31.2. The van der Waals surface area contributed by atoms with E-state index in [1.807, 2.05) is 72.8 Å². The highest BCUT2D eigenvalue weighted by Gasteiger charge is 2.41. The molecule has 0 saturated carbocycles. The van der Waals surface area contributed by atoms with Crippen LogP contribution in [-0.2, 0) is 37.1 Å². The Morgan fingerprint density at radius 3 is 0.692 bits per heavy atom. The van der Waals surface area contributed by atoms with Crippen LogP contribution >= 0.6 is 7.82 Å². The zero-order chi connectivity index (χ0) is 48.1. The third-order valence-corrected chi connectivity index (χ3v) is 13.3. The molecular weight excluding hydrogens is 816 g/mol. The van der Waals surface area contributed by atoms with Crippen LogP contribution < -0.4 is 13.6 Å². The molecule has 0 fully saturated rings. The third-order valence-electron chi connectivity index (χ3n) is 12.0. The van der Waals surface area contributed by atoms with Crippen molar-refractivity contribution in [2.24, 2.45) is 0 Å². The van der Waals surface area contributed by atoms with E-state index in [1.165, 1.54) is 16.7 Å². The number of benzene rings is 6. The van der Waals surface area contributed by atoms with Crippen molar-refractivity contribution in [2.75, 3.05) is 0 Å². The van der Waals surface area contributed by atoms with Crippen LogP contribution in [-0.4, -0.2) is 0 Å². The lowest BCUT2D eigenvalue weighted by atomic mass is 9.72. The summed E-state index contributed by atoms with van der Waals surface area (Å²) >= 11 is 0. The highest BCUT2D eigenvalue weighted by molar-refractivity contribution is 7.49. The number of hydrogen-bond donors (Lipinski definition) is 0. The normalized spacial score (nSPS) is 13.1. The monoisotopic (exact) mass is 891 g/mol. The Morgan fingerprint density at radius 2 is 0.508 bits per heavy atom. The van der Waals surface area contributed by atoms with E-state index in [4.69, 9.17) is 13.6 Å². The minimum atomic E-state index is -4.71. The lowest BCUT2D eigenvalue weighted by molar-refractivity contribution is 0.298. The van der Waals surface area contributed by atoms with Crippen molar-refractivity contribution in [3.63, 3.8) is 0 Å². The summed E-state index contributed by atoms with van der Waals surface area (Å²) in [6.45, 7) is 40.2. The molecule has 0 spiro atoms. The van der Waals surface area contributed by atoms with E-state index in [0.717, 1.165) is 50.1 Å². The van der Waals surface area contributed by atoms with Crippen molar-refractivity contribution < 1.29 is 18.1 Å². The van der Waals surface area contributed by atoms with Gasteiger partial charge in [-0.1, -0.05) is 234 Å². The Bertz CT molecular complexity index is 2370. The number of phosphoric ester groups is 1. The quantitative estimate of drug-likeness (QED) is 0.136. The van der Waals surface area contributed by atoms with Gasteiger partial charge in [0, 0.05) is 16.7 Å². The first-order chi connectivity index (χ1) is 29.9. The fourth-order valence-electron chi connectivity index (χ4n) is 9.28. The lowest BCUT2D eigenvalue weighted by Crippen LogP contribution is -2.24. The summed E-state index contributed by atoms with van der Waals surface area (Å²) in [5.41, 5.74) is 10.8. The van der Waals surface area contributed by atoms with E-state index >= 15 is 4.57 Å². The van der Waals surface area contributed by atoms with E-state index in [9.17, 15) is 0 Å². The van der Waals surface area contributed by atoms with Crippen LogP contribution in [0.2, 0.25) is 0 Å². The van der Waals surface area contributed by atoms with Gasteiger partial charge in [-0.15, -0.1) is 0 Å². The summed E-state index contributed by atoms with van der Waals surface area (Å²) in [5.74, 6) is 1.26. The molecule has 0 aliphatic heterocycles. The molecule has 6 rings (SSSR count). The van der Waals surface area contributed by atoms with Crippen molar-refractivity contribution in [3.05, 3.63) is 161 Å². The largest absolute Gasteiger partial charge is 0.647 e. The maximum absolute atomic E-state index is 16.7. The van der Waals surface area contributed by atoms with Gasteiger partial charge in [0.05, 0.1) is 0 Å². The van der Waals surface area contributed by atoms with Gasteiger partial charge >= 0.3 is 7.82 Å². The van der Waals surface area contributed by atoms with Gasteiger partial charge in [0.1, 0.15) is 17.2 Å². The van der Waals surface area contributed by atoms with Crippen LogP contribution in [0.1, 0.15) is 158 Å². The molecule has 0 amide bonds. The molecule has 0 bridgehead atoms. The molecule has 0 atom stereocenters. The minimum Gasteiger partial charge on any atom is -0.385 e. The topological polar surface area (TPSA) is 44.8 Å². The maximum atomic E-state index is 16.7. The van der Waals surface area contributed by atoms with Gasteiger partial charge in [0.15, 0.2) is 0 Å². The lowest BCUT2D eigenvalue weighted by Gasteiger charge is -2.35. The van der Waals surface area contributed by atoms with Crippen molar-refractivity contribution in [2.45, 2.75) is 157 Å². The molecule has 344 valence electrons. The van der Waals surface area contributed by atoms with Gasteiger partial charge in [-0.3, -0.25) is 0 Å². The number of rotatable bonds is 9. The number of hydrogen-bond acceptors (Lipinski definition) is 4. The first kappa shape index (κ1) is 49.4. The molecule has 6 aromatic rings. The molecular formula is C60H75O4P. The van der Waals surface area contributed by atoms with E-state index in [2.05, 4.69) is 179 Å². The van der Waals surface area contributed by atoms with Gasteiger partial charge in [0.25, 0.3) is 0 Å². The zero-order valence-corrected chi connectivity index (χ0v) is 43.6. The Hall–Kier alpha value is -5.05. The van der Waals surface area contributed by atoms with Crippen LogP contribution in [0.5, 0.6) is 17.2 Å². The average Bonchev–Trinajstić information content (AvgIpc) is 3.19. The van der Waals surface area contributed by atoms with Crippen LogP contribution in [0.4, 0.5) is 0 Å². The van der Waals surface area contributed by atoms with Gasteiger partial charge < -0.3 is 13.6 Å². The molecule has 0 aliphatic rings. The predicted octanol–water partition coefficient (Wildman–Crippen LogP) is 18.1. The average molecular weight is 891 g/mol. The molecule has 65 heavy (non-hydrogen) atoms. The van der Waals surface area contributed by atoms with Crippen LogP contribution in [0.3, 0.4) is 0 Å². The molecule has 0 N–H and O–H groups in total. The van der Waals surface area contributed by atoms with Gasteiger partial charge in [-0.2, -0.15) is 4.57 Å². The molecule has 0 heterocycles. The van der Waals surface area contributed by atoms with E-state index in [1.54, 1.807) is 0 Å². The standard InChI is InChI=1S/C60H75O4P/c1-55(2,3)43-34-37-46(49(52(43)58(10,11)12)40-28-22-19-23-29-40)62-65(61,63-47-38-35-44(56(4,5)6)53(59(13,14)15)50(47)41-30-24-20-25-31-41)64-48-39-36-45(57(7,8)9)54(60(16,17)18)51(48)42-32-26-21-27-33-42/h19-39H,1-18H3. The molecule has 0 saturated heterocycles. The second-order valence-electron chi connectivity index (χ2n) is 23.9. The zero-order valence-electron chi connectivity index (χ0n) is 42.7. The fourth-order valence-corrected chi connectivity index (χ4v) is 10.6. The van der Waals surface area contributed by atoms with Crippen molar-refractivity contribution in [1.82, 2.24) is 0 Å². The minimum absolute atomic E-state index is 0.202. The van der Waals surface area contributed by atoms with Crippen molar-refractivity contribution in [1.29, 1.82) is 0 Å². The highest BCUT2D eigenvalue weighted by Crippen LogP contribution is 2.59. The summed E-state index contributed by atoms with van der Waals surface area (Å²) in [7, 11) is -4.71. The van der Waals surface area contributed by atoms with Crippen LogP contribution in [0.15, 0.2) is 127 Å². The first-order valence-corrected chi connectivity index (χ1v) is 24.8. The number of phosphoric acid groups is 1. The third kappa shape index (κ3) is 10.8. The molecule has 4 nitrogen and oxygen atoms in total. The fraction of sp³-hybridized carbons (Fsp3) is 0.400. The second-order valence-corrected chi connectivity index (χ2v) is 25.3. The van der Waals surface area contributed by atoms with E-state index in [0.29, 0.717) is 17.2 Å². The van der Waals surface area contributed by atoms with E-state index < -0.39 is 7.82 Å². The molecule has 0 unspecified atom stereocenters. The summed E-state index contributed by atoms with van der Waals surface area (Å²) < 4.78 is 38.1. The first-order valence-electron chi connectivity index (χ1n) is 23.3. The van der Waals surface area contributed by atoms with Gasteiger partial charge in [-0.05, 0) is 101 Å². The second kappa shape index (κ2) is 17.6. The van der Waals surface area contributed by atoms with Crippen molar-refractivity contribution >= 4 is 7.82 Å².